The van der Waals surface area contributed by atoms with Crippen molar-refractivity contribution < 1.29 is 4.43 Å². The second-order valence-electron chi connectivity index (χ2n) is 5.58. The van der Waals surface area contributed by atoms with E-state index in [1.54, 1.807) is 0 Å². The molecular weight excluding hydrogens is 260 g/mol. The maximum Gasteiger partial charge on any atom is 0.280 e. The summed E-state index contributed by atoms with van der Waals surface area (Å²) in [5.74, 6) is 1.08. The molecule has 1 aromatic carbocycles. The summed E-state index contributed by atoms with van der Waals surface area (Å²) in [5, 5.41) is 0. The van der Waals surface area contributed by atoms with Gasteiger partial charge in [0.1, 0.15) is 5.75 Å². The van der Waals surface area contributed by atoms with Crippen LogP contribution in [-0.2, 0) is 0 Å². The predicted octanol–water partition coefficient (Wildman–Crippen LogP) is 6.22. The number of unbranched alkanes of at least 4 members (excludes halogenated alkanes) is 6. The van der Waals surface area contributed by atoms with Gasteiger partial charge >= 0.3 is 0 Å². The fourth-order valence-electron chi connectivity index (χ4n) is 2.38. The molecule has 0 aliphatic carbocycles. The zero-order valence-corrected chi connectivity index (χ0v) is 14.4. The molecule has 1 radical (unpaired) electrons. The van der Waals surface area contributed by atoms with E-state index in [1.807, 2.05) is 0 Å². The van der Waals surface area contributed by atoms with Crippen LogP contribution >= 0.6 is 0 Å². The Labute approximate surface area is 127 Å². The second kappa shape index (κ2) is 12.0. The lowest BCUT2D eigenvalue weighted by Crippen LogP contribution is -2.21. The maximum absolute atomic E-state index is 6.28. The number of hydrogen-bond donors (Lipinski definition) is 0. The third-order valence-electron chi connectivity index (χ3n) is 3.62. The Morgan fingerprint density at radius 2 is 1.30 bits per heavy atom. The van der Waals surface area contributed by atoms with Crippen LogP contribution in [-0.4, -0.2) is 9.04 Å². The van der Waals surface area contributed by atoms with Crippen molar-refractivity contribution in [2.45, 2.75) is 77.3 Å². The van der Waals surface area contributed by atoms with E-state index in [2.05, 4.69) is 44.2 Å². The molecule has 113 valence electrons. The summed E-state index contributed by atoms with van der Waals surface area (Å²) < 4.78 is 6.28. The van der Waals surface area contributed by atoms with E-state index in [0.717, 1.165) is 5.75 Å². The minimum Gasteiger partial charge on any atom is -0.542 e. The molecule has 0 atom stereocenters. The maximum atomic E-state index is 6.28. The lowest BCUT2D eigenvalue weighted by molar-refractivity contribution is 0.545. The molecule has 20 heavy (non-hydrogen) atoms. The van der Waals surface area contributed by atoms with Crippen LogP contribution in [0, 0.1) is 0 Å². The van der Waals surface area contributed by atoms with Gasteiger partial charge in [-0.1, -0.05) is 83.4 Å². The van der Waals surface area contributed by atoms with Gasteiger partial charge in [0.2, 0.25) is 0 Å². The molecule has 0 unspecified atom stereocenters. The van der Waals surface area contributed by atoms with Crippen molar-refractivity contribution in [3.63, 3.8) is 0 Å². The highest BCUT2D eigenvalue weighted by Gasteiger charge is 2.14. The van der Waals surface area contributed by atoms with E-state index in [1.165, 1.54) is 63.5 Å². The van der Waals surface area contributed by atoms with E-state index in [-0.39, 0.29) is 0 Å². The van der Waals surface area contributed by atoms with Crippen molar-refractivity contribution in [1.82, 2.24) is 0 Å². The Morgan fingerprint density at radius 1 is 0.750 bits per heavy atom. The van der Waals surface area contributed by atoms with Crippen LogP contribution in [0.2, 0.25) is 12.1 Å². The Hall–Kier alpha value is -0.763. The van der Waals surface area contributed by atoms with Crippen LogP contribution in [0.25, 0.3) is 0 Å². The topological polar surface area (TPSA) is 9.23 Å². The van der Waals surface area contributed by atoms with Crippen LogP contribution in [0.5, 0.6) is 5.75 Å². The number of hydrogen-bond acceptors (Lipinski definition) is 1. The summed E-state index contributed by atoms with van der Waals surface area (Å²) in [5.41, 5.74) is 0. The van der Waals surface area contributed by atoms with Gasteiger partial charge in [0.25, 0.3) is 9.04 Å². The summed E-state index contributed by atoms with van der Waals surface area (Å²) in [6.45, 7) is 4.55. The van der Waals surface area contributed by atoms with Gasteiger partial charge in [0.05, 0.1) is 0 Å². The first-order chi connectivity index (χ1) is 9.86. The van der Waals surface area contributed by atoms with Crippen molar-refractivity contribution in [3.05, 3.63) is 30.3 Å². The summed E-state index contributed by atoms with van der Waals surface area (Å²) >= 11 is 0. The van der Waals surface area contributed by atoms with Gasteiger partial charge in [-0.25, -0.2) is 0 Å². The van der Waals surface area contributed by atoms with E-state index in [4.69, 9.17) is 4.43 Å². The van der Waals surface area contributed by atoms with Gasteiger partial charge in [-0.15, -0.1) is 0 Å². The Kier molecular flexibility index (Phi) is 10.4. The monoisotopic (exact) mass is 291 g/mol. The van der Waals surface area contributed by atoms with Gasteiger partial charge in [0, 0.05) is 0 Å². The summed E-state index contributed by atoms with van der Waals surface area (Å²) in [6.07, 6.45) is 10.8. The minimum atomic E-state index is -0.658. The highest BCUT2D eigenvalue weighted by molar-refractivity contribution is 6.52. The summed E-state index contributed by atoms with van der Waals surface area (Å²) in [7, 11) is -0.658. The first-order valence-corrected chi connectivity index (χ1v) is 10.3. The summed E-state index contributed by atoms with van der Waals surface area (Å²) in [6, 6.07) is 13.0. The summed E-state index contributed by atoms with van der Waals surface area (Å²) in [4.78, 5) is 0. The smallest absolute Gasteiger partial charge is 0.280 e. The van der Waals surface area contributed by atoms with Crippen molar-refractivity contribution in [2.75, 3.05) is 0 Å². The molecule has 0 bridgehead atoms. The lowest BCUT2D eigenvalue weighted by atomic mass is 10.2. The van der Waals surface area contributed by atoms with E-state index >= 15 is 0 Å². The van der Waals surface area contributed by atoms with Crippen molar-refractivity contribution >= 4 is 9.04 Å². The molecule has 0 amide bonds. The molecule has 1 rings (SSSR count). The van der Waals surface area contributed by atoms with E-state index in [9.17, 15) is 0 Å². The Bertz CT molecular complexity index is 300. The number of benzene rings is 1. The largest absolute Gasteiger partial charge is 0.542 e. The molecule has 0 aliphatic rings. The zero-order chi connectivity index (χ0) is 14.5. The molecule has 2 heteroatoms. The van der Waals surface area contributed by atoms with Crippen LogP contribution in [0.15, 0.2) is 30.3 Å². The average Bonchev–Trinajstić information content (AvgIpc) is 2.49. The average molecular weight is 292 g/mol. The SMILES string of the molecule is CCCCCC[Si](CCCCCC)Oc1ccccc1. The van der Waals surface area contributed by atoms with Gasteiger partial charge in [-0.2, -0.15) is 0 Å². The lowest BCUT2D eigenvalue weighted by Gasteiger charge is -2.16. The third-order valence-corrected chi connectivity index (χ3v) is 5.97. The fraction of sp³-hybridized carbons (Fsp3) is 0.667. The highest BCUT2D eigenvalue weighted by atomic mass is 28.3. The molecule has 1 aromatic rings. The van der Waals surface area contributed by atoms with Gasteiger partial charge in [-0.3, -0.25) is 0 Å². The van der Waals surface area contributed by atoms with Gasteiger partial charge in [-0.05, 0) is 24.2 Å². The number of rotatable bonds is 12. The van der Waals surface area contributed by atoms with Crippen molar-refractivity contribution in [1.29, 1.82) is 0 Å². The second-order valence-corrected chi connectivity index (χ2v) is 7.86. The Morgan fingerprint density at radius 3 is 1.80 bits per heavy atom. The normalized spacial score (nSPS) is 10.9. The number of para-hydroxylation sites is 1. The van der Waals surface area contributed by atoms with Gasteiger partial charge < -0.3 is 4.43 Å². The highest BCUT2D eigenvalue weighted by Crippen LogP contribution is 2.18. The van der Waals surface area contributed by atoms with Crippen LogP contribution in [0.1, 0.15) is 65.2 Å². The van der Waals surface area contributed by atoms with E-state index in [0.29, 0.717) is 0 Å². The Balaban J connectivity index is 2.33. The molecular formula is C18H31OSi. The fourth-order valence-corrected chi connectivity index (χ4v) is 4.59. The first-order valence-electron chi connectivity index (χ1n) is 8.44. The van der Waals surface area contributed by atoms with Gasteiger partial charge in [0.15, 0.2) is 0 Å². The molecule has 0 heterocycles. The van der Waals surface area contributed by atoms with Crippen LogP contribution in [0.3, 0.4) is 0 Å². The minimum absolute atomic E-state index is 0.658. The zero-order valence-electron chi connectivity index (χ0n) is 13.4. The predicted molar refractivity (Wildman–Crippen MR) is 90.7 cm³/mol. The van der Waals surface area contributed by atoms with Crippen molar-refractivity contribution in [3.8, 4) is 5.75 Å². The first kappa shape index (κ1) is 17.3. The molecule has 1 nitrogen and oxygen atoms in total. The molecule has 0 N–H and O–H groups in total. The quantitative estimate of drug-likeness (QED) is 0.328. The molecule has 0 fully saturated rings. The molecule has 0 saturated heterocycles. The molecule has 0 spiro atoms. The standard InChI is InChI=1S/C18H31OSi/c1-3-5-7-12-16-20(17-13-8-6-4-2)19-18-14-10-9-11-15-18/h9-11,14-15H,3-8,12-13,16-17H2,1-2H3. The molecule has 0 saturated carbocycles. The molecule has 0 aromatic heterocycles. The van der Waals surface area contributed by atoms with Crippen LogP contribution in [0.4, 0.5) is 0 Å². The third kappa shape index (κ3) is 8.42. The van der Waals surface area contributed by atoms with Crippen molar-refractivity contribution in [2.24, 2.45) is 0 Å². The molecule has 0 aliphatic heterocycles. The van der Waals surface area contributed by atoms with Crippen LogP contribution < -0.4 is 4.43 Å². The van der Waals surface area contributed by atoms with E-state index < -0.39 is 9.04 Å².